The average Bonchev–Trinajstić information content (AvgIpc) is 2.89. The fraction of sp³-hybridized carbons (Fsp3) is 0.267. The first kappa shape index (κ1) is 15.3. The number of furan rings is 1. The van der Waals surface area contributed by atoms with Gasteiger partial charge in [-0.2, -0.15) is 0 Å². The Bertz CT molecular complexity index is 584. The highest BCUT2D eigenvalue weighted by Crippen LogP contribution is 2.22. The maximum atomic E-state index is 12.1. The second-order valence-corrected chi connectivity index (χ2v) is 5.99. The van der Waals surface area contributed by atoms with Crippen molar-refractivity contribution in [2.24, 2.45) is 0 Å². The molecule has 0 unspecified atom stereocenters. The molecule has 106 valence electrons. The molecular formula is C15H15BrClNO2. The predicted molar refractivity (Wildman–Crippen MR) is 83.1 cm³/mol. The molecule has 0 aliphatic rings. The molecule has 0 atom stereocenters. The van der Waals surface area contributed by atoms with Gasteiger partial charge in [-0.25, -0.2) is 0 Å². The molecule has 2 aromatic rings. The summed E-state index contributed by atoms with van der Waals surface area (Å²) < 4.78 is 5.89. The number of ketones is 1. The lowest BCUT2D eigenvalue weighted by molar-refractivity contribution is 0.0968. The van der Waals surface area contributed by atoms with Crippen LogP contribution in [0.1, 0.15) is 22.3 Å². The fourth-order valence-electron chi connectivity index (χ4n) is 1.92. The first-order valence-corrected chi connectivity index (χ1v) is 7.41. The van der Waals surface area contributed by atoms with Gasteiger partial charge in [0.15, 0.2) is 5.78 Å². The van der Waals surface area contributed by atoms with Crippen LogP contribution in [0.2, 0.25) is 5.02 Å². The molecule has 0 aliphatic heterocycles. The zero-order chi connectivity index (χ0) is 14.5. The van der Waals surface area contributed by atoms with Gasteiger partial charge in [0, 0.05) is 35.1 Å². The Hall–Kier alpha value is -1.10. The summed E-state index contributed by atoms with van der Waals surface area (Å²) in [6.45, 7) is 1.44. The van der Waals surface area contributed by atoms with E-state index in [9.17, 15) is 4.79 Å². The fourth-order valence-corrected chi connectivity index (χ4v) is 2.69. The Kier molecular flexibility index (Phi) is 5.40. The van der Waals surface area contributed by atoms with E-state index in [1.165, 1.54) is 0 Å². The summed E-state index contributed by atoms with van der Waals surface area (Å²) in [5.74, 6) is 0.0570. The zero-order valence-electron chi connectivity index (χ0n) is 11.1. The van der Waals surface area contributed by atoms with Crippen molar-refractivity contribution in [1.29, 1.82) is 0 Å². The summed E-state index contributed by atoms with van der Waals surface area (Å²) >= 11 is 9.41. The van der Waals surface area contributed by atoms with E-state index < -0.39 is 0 Å². The van der Waals surface area contributed by atoms with Gasteiger partial charge in [0.05, 0.1) is 17.5 Å². The number of rotatable bonds is 6. The van der Waals surface area contributed by atoms with Crippen molar-refractivity contribution in [2.45, 2.75) is 13.0 Å². The Labute approximate surface area is 131 Å². The highest BCUT2D eigenvalue weighted by molar-refractivity contribution is 9.10. The first-order chi connectivity index (χ1) is 9.56. The molecule has 0 radical (unpaired) electrons. The van der Waals surface area contributed by atoms with Crippen molar-refractivity contribution < 1.29 is 9.21 Å². The Balaban J connectivity index is 1.88. The second kappa shape index (κ2) is 7.07. The van der Waals surface area contributed by atoms with Crippen LogP contribution in [0.15, 0.2) is 45.7 Å². The van der Waals surface area contributed by atoms with E-state index in [4.69, 9.17) is 16.0 Å². The SMILES string of the molecule is CN(CCC(=O)c1ccc(Br)cc1Cl)Cc1ccoc1. The molecule has 0 bridgehead atoms. The number of carbonyl (C=O) groups excluding carboxylic acids is 1. The Morgan fingerprint density at radius 3 is 2.85 bits per heavy atom. The molecule has 0 saturated carbocycles. The van der Waals surface area contributed by atoms with Crippen LogP contribution in [0.5, 0.6) is 0 Å². The summed E-state index contributed by atoms with van der Waals surface area (Å²) in [7, 11) is 1.98. The molecule has 0 amide bonds. The predicted octanol–water partition coefficient (Wildman–Crippen LogP) is 4.40. The lowest BCUT2D eigenvalue weighted by Crippen LogP contribution is -2.21. The van der Waals surface area contributed by atoms with Crippen LogP contribution in [-0.4, -0.2) is 24.3 Å². The van der Waals surface area contributed by atoms with Crippen LogP contribution in [0, 0.1) is 0 Å². The number of benzene rings is 1. The molecule has 0 fully saturated rings. The highest BCUT2D eigenvalue weighted by atomic mass is 79.9. The van der Waals surface area contributed by atoms with E-state index in [1.54, 1.807) is 24.7 Å². The number of carbonyl (C=O) groups is 1. The third kappa shape index (κ3) is 4.20. The van der Waals surface area contributed by atoms with E-state index in [0.29, 0.717) is 23.6 Å². The third-order valence-corrected chi connectivity index (χ3v) is 3.79. The van der Waals surface area contributed by atoms with E-state index in [-0.39, 0.29) is 5.78 Å². The van der Waals surface area contributed by atoms with Crippen LogP contribution in [-0.2, 0) is 6.54 Å². The number of Topliss-reactive ketones (excluding diaryl/α,β-unsaturated/α-hetero) is 1. The molecule has 1 heterocycles. The van der Waals surface area contributed by atoms with Gasteiger partial charge >= 0.3 is 0 Å². The maximum Gasteiger partial charge on any atom is 0.165 e. The van der Waals surface area contributed by atoms with Gasteiger partial charge in [-0.1, -0.05) is 27.5 Å². The summed E-state index contributed by atoms with van der Waals surface area (Å²) in [6.07, 6.45) is 3.80. The number of hydrogen-bond donors (Lipinski definition) is 0. The molecule has 1 aromatic carbocycles. The summed E-state index contributed by atoms with van der Waals surface area (Å²) in [5.41, 5.74) is 1.67. The number of nitrogens with zero attached hydrogens (tertiary/aromatic N) is 1. The largest absolute Gasteiger partial charge is 0.472 e. The molecule has 2 rings (SSSR count). The molecule has 0 saturated heterocycles. The molecular weight excluding hydrogens is 342 g/mol. The first-order valence-electron chi connectivity index (χ1n) is 6.24. The zero-order valence-corrected chi connectivity index (χ0v) is 13.4. The van der Waals surface area contributed by atoms with Gasteiger partial charge in [-0.3, -0.25) is 4.79 Å². The Morgan fingerprint density at radius 2 is 2.20 bits per heavy atom. The quantitative estimate of drug-likeness (QED) is 0.719. The normalized spacial score (nSPS) is 11.0. The van der Waals surface area contributed by atoms with Gasteiger partial charge < -0.3 is 9.32 Å². The van der Waals surface area contributed by atoms with Crippen LogP contribution in [0.25, 0.3) is 0 Å². The minimum atomic E-state index is 0.0570. The van der Waals surface area contributed by atoms with Crippen LogP contribution in [0.3, 0.4) is 0 Å². The minimum absolute atomic E-state index is 0.0570. The van der Waals surface area contributed by atoms with Crippen molar-refractivity contribution in [1.82, 2.24) is 4.90 Å². The van der Waals surface area contributed by atoms with Crippen LogP contribution < -0.4 is 0 Å². The lowest BCUT2D eigenvalue weighted by Gasteiger charge is -2.15. The minimum Gasteiger partial charge on any atom is -0.472 e. The van der Waals surface area contributed by atoms with Crippen LogP contribution in [0.4, 0.5) is 0 Å². The van der Waals surface area contributed by atoms with Crippen molar-refractivity contribution in [2.75, 3.05) is 13.6 Å². The van der Waals surface area contributed by atoms with Crippen molar-refractivity contribution in [3.63, 3.8) is 0 Å². The molecule has 20 heavy (non-hydrogen) atoms. The van der Waals surface area contributed by atoms with Crippen molar-refractivity contribution >= 4 is 33.3 Å². The second-order valence-electron chi connectivity index (χ2n) is 4.67. The molecule has 0 aliphatic carbocycles. The maximum absolute atomic E-state index is 12.1. The summed E-state index contributed by atoms with van der Waals surface area (Å²) in [6, 6.07) is 7.24. The lowest BCUT2D eigenvalue weighted by atomic mass is 10.1. The Morgan fingerprint density at radius 1 is 1.40 bits per heavy atom. The molecule has 5 heteroatoms. The van der Waals surface area contributed by atoms with E-state index in [2.05, 4.69) is 20.8 Å². The number of halogens is 2. The van der Waals surface area contributed by atoms with E-state index in [0.717, 1.165) is 16.6 Å². The molecule has 1 aromatic heterocycles. The summed E-state index contributed by atoms with van der Waals surface area (Å²) in [5, 5.41) is 0.488. The number of hydrogen-bond acceptors (Lipinski definition) is 3. The highest BCUT2D eigenvalue weighted by Gasteiger charge is 2.12. The van der Waals surface area contributed by atoms with Crippen LogP contribution >= 0.6 is 27.5 Å². The van der Waals surface area contributed by atoms with E-state index in [1.807, 2.05) is 19.2 Å². The topological polar surface area (TPSA) is 33.5 Å². The molecule has 0 N–H and O–H groups in total. The van der Waals surface area contributed by atoms with Gasteiger partial charge in [0.25, 0.3) is 0 Å². The average molecular weight is 357 g/mol. The van der Waals surface area contributed by atoms with Gasteiger partial charge in [-0.05, 0) is 31.3 Å². The molecule has 3 nitrogen and oxygen atoms in total. The van der Waals surface area contributed by atoms with Crippen molar-refractivity contribution in [3.8, 4) is 0 Å². The van der Waals surface area contributed by atoms with E-state index >= 15 is 0 Å². The monoisotopic (exact) mass is 355 g/mol. The van der Waals surface area contributed by atoms with Gasteiger partial charge in [0.1, 0.15) is 0 Å². The third-order valence-electron chi connectivity index (χ3n) is 2.98. The van der Waals surface area contributed by atoms with Gasteiger partial charge in [-0.15, -0.1) is 0 Å². The van der Waals surface area contributed by atoms with Crippen molar-refractivity contribution in [3.05, 3.63) is 57.4 Å². The standard InChI is InChI=1S/C15H15BrClNO2/c1-18(9-11-5-7-20-10-11)6-4-15(19)13-3-2-12(16)8-14(13)17/h2-3,5,7-8,10H,4,6,9H2,1H3. The molecule has 0 spiro atoms. The van der Waals surface area contributed by atoms with Gasteiger partial charge in [0.2, 0.25) is 0 Å². The summed E-state index contributed by atoms with van der Waals surface area (Å²) in [4.78, 5) is 14.2. The smallest absolute Gasteiger partial charge is 0.165 e.